The van der Waals surface area contributed by atoms with Gasteiger partial charge in [0.1, 0.15) is 0 Å². The predicted octanol–water partition coefficient (Wildman–Crippen LogP) is -0.129. The van der Waals surface area contributed by atoms with E-state index in [1.54, 1.807) is 0 Å². The molecule has 0 heterocycles. The summed E-state index contributed by atoms with van der Waals surface area (Å²) in [6, 6.07) is 0. The van der Waals surface area contributed by atoms with Gasteiger partial charge >= 0.3 is 11.9 Å². The summed E-state index contributed by atoms with van der Waals surface area (Å²) in [6.07, 6.45) is 0.770. The fourth-order valence-electron chi connectivity index (χ4n) is 1.04. The zero-order chi connectivity index (χ0) is 11.1. The van der Waals surface area contributed by atoms with Crippen LogP contribution in [0.25, 0.3) is 0 Å². The third-order valence-electron chi connectivity index (χ3n) is 1.78. The van der Waals surface area contributed by atoms with Crippen LogP contribution in [0.1, 0.15) is 13.3 Å². The first kappa shape index (κ1) is 12.9. The summed E-state index contributed by atoms with van der Waals surface area (Å²) in [5.41, 5.74) is 0. The first-order valence-electron chi connectivity index (χ1n) is 4.66. The Bertz CT molecular complexity index is 204. The standard InChI is InChI=1S/C9H18N2O3/c1-4-5-11(7-6-10(2)3)8(12)9(13)14/h4-7H2,1-3H3,(H,13,14). The number of hydrogen-bond acceptors (Lipinski definition) is 3. The fourth-order valence-corrected chi connectivity index (χ4v) is 1.04. The highest BCUT2D eigenvalue weighted by atomic mass is 16.4. The molecule has 0 aromatic carbocycles. The van der Waals surface area contributed by atoms with Gasteiger partial charge < -0.3 is 14.9 Å². The van der Waals surface area contributed by atoms with Crippen molar-refractivity contribution < 1.29 is 14.7 Å². The highest BCUT2D eigenvalue weighted by molar-refractivity contribution is 6.31. The molecule has 0 radical (unpaired) electrons. The lowest BCUT2D eigenvalue weighted by Gasteiger charge is -2.21. The van der Waals surface area contributed by atoms with E-state index in [9.17, 15) is 9.59 Å². The van der Waals surface area contributed by atoms with E-state index in [2.05, 4.69) is 0 Å². The Morgan fingerprint density at radius 3 is 2.07 bits per heavy atom. The summed E-state index contributed by atoms with van der Waals surface area (Å²) in [5, 5.41) is 8.54. The normalized spacial score (nSPS) is 10.3. The molecule has 0 aliphatic rings. The SMILES string of the molecule is CCCN(CCN(C)C)C(=O)C(=O)O. The largest absolute Gasteiger partial charge is 0.474 e. The van der Waals surface area contributed by atoms with Crippen molar-refractivity contribution in [2.24, 2.45) is 0 Å². The number of hydrogen-bond donors (Lipinski definition) is 1. The molecule has 5 heteroatoms. The van der Waals surface area contributed by atoms with Crippen molar-refractivity contribution in [3.8, 4) is 0 Å². The molecule has 1 amide bonds. The van der Waals surface area contributed by atoms with Crippen LogP contribution in [0.15, 0.2) is 0 Å². The van der Waals surface area contributed by atoms with Crippen molar-refractivity contribution in [2.75, 3.05) is 33.7 Å². The molecule has 0 aliphatic heterocycles. The molecule has 0 rings (SSSR count). The van der Waals surface area contributed by atoms with E-state index in [4.69, 9.17) is 5.11 Å². The van der Waals surface area contributed by atoms with Crippen molar-refractivity contribution in [2.45, 2.75) is 13.3 Å². The van der Waals surface area contributed by atoms with Crippen molar-refractivity contribution in [3.63, 3.8) is 0 Å². The van der Waals surface area contributed by atoms with Crippen LogP contribution in [0.5, 0.6) is 0 Å². The topological polar surface area (TPSA) is 60.9 Å². The van der Waals surface area contributed by atoms with Crippen LogP contribution in [-0.4, -0.2) is 60.5 Å². The van der Waals surface area contributed by atoms with Crippen LogP contribution >= 0.6 is 0 Å². The molecule has 14 heavy (non-hydrogen) atoms. The Balaban J connectivity index is 4.14. The second kappa shape index (κ2) is 6.37. The van der Waals surface area contributed by atoms with E-state index in [1.165, 1.54) is 4.90 Å². The first-order valence-corrected chi connectivity index (χ1v) is 4.66. The monoisotopic (exact) mass is 202 g/mol. The molecule has 0 aromatic rings. The first-order chi connectivity index (χ1) is 6.49. The average molecular weight is 202 g/mol. The molecule has 82 valence electrons. The van der Waals surface area contributed by atoms with Gasteiger partial charge in [-0.1, -0.05) is 6.92 Å². The Kier molecular flexibility index (Phi) is 5.87. The zero-order valence-electron chi connectivity index (χ0n) is 8.99. The number of carbonyl (C=O) groups is 2. The fraction of sp³-hybridized carbons (Fsp3) is 0.778. The molecule has 0 atom stereocenters. The van der Waals surface area contributed by atoms with Gasteiger partial charge in [0.25, 0.3) is 0 Å². The molecule has 5 nitrogen and oxygen atoms in total. The van der Waals surface area contributed by atoms with Crippen LogP contribution in [0, 0.1) is 0 Å². The predicted molar refractivity (Wildman–Crippen MR) is 53.1 cm³/mol. The highest BCUT2D eigenvalue weighted by Gasteiger charge is 2.19. The summed E-state index contributed by atoms with van der Waals surface area (Å²) < 4.78 is 0. The Morgan fingerprint density at radius 1 is 1.14 bits per heavy atom. The molecule has 0 unspecified atom stereocenters. The Morgan fingerprint density at radius 2 is 1.71 bits per heavy atom. The number of aliphatic carboxylic acids is 1. The third-order valence-corrected chi connectivity index (χ3v) is 1.78. The summed E-state index contributed by atoms with van der Waals surface area (Å²) in [4.78, 5) is 24.9. The van der Waals surface area contributed by atoms with Gasteiger partial charge in [-0.3, -0.25) is 4.79 Å². The number of amides is 1. The number of carboxylic acids is 1. The number of carboxylic acid groups (broad SMARTS) is 1. The molecule has 0 saturated heterocycles. The molecular formula is C9H18N2O3. The number of carbonyl (C=O) groups excluding carboxylic acids is 1. The van der Waals surface area contributed by atoms with Gasteiger partial charge in [0.05, 0.1) is 0 Å². The van der Waals surface area contributed by atoms with Gasteiger partial charge in [-0.25, -0.2) is 4.79 Å². The van der Waals surface area contributed by atoms with E-state index < -0.39 is 11.9 Å². The molecule has 0 spiro atoms. The van der Waals surface area contributed by atoms with Gasteiger partial charge in [0.2, 0.25) is 0 Å². The van der Waals surface area contributed by atoms with E-state index >= 15 is 0 Å². The second-order valence-electron chi connectivity index (χ2n) is 3.40. The minimum atomic E-state index is -1.38. The number of rotatable bonds is 5. The summed E-state index contributed by atoms with van der Waals surface area (Å²) >= 11 is 0. The molecule has 1 N–H and O–H groups in total. The maximum Gasteiger partial charge on any atom is 0.394 e. The van der Waals surface area contributed by atoms with Crippen LogP contribution in [0.3, 0.4) is 0 Å². The summed E-state index contributed by atoms with van der Waals surface area (Å²) in [7, 11) is 3.77. The number of likely N-dealkylation sites (N-methyl/N-ethyl adjacent to an activating group) is 1. The van der Waals surface area contributed by atoms with Crippen molar-refractivity contribution in [1.82, 2.24) is 9.80 Å². The van der Waals surface area contributed by atoms with E-state index in [1.807, 2.05) is 25.9 Å². The summed E-state index contributed by atoms with van der Waals surface area (Å²) in [6.45, 7) is 3.56. The van der Waals surface area contributed by atoms with Gasteiger partial charge in [-0.05, 0) is 20.5 Å². The lowest BCUT2D eigenvalue weighted by molar-refractivity contribution is -0.156. The van der Waals surface area contributed by atoms with Crippen molar-refractivity contribution in [3.05, 3.63) is 0 Å². The average Bonchev–Trinajstić information content (AvgIpc) is 2.10. The molecule has 0 fully saturated rings. The summed E-state index contributed by atoms with van der Waals surface area (Å²) in [5.74, 6) is -2.19. The van der Waals surface area contributed by atoms with Crippen molar-refractivity contribution in [1.29, 1.82) is 0 Å². The smallest absolute Gasteiger partial charge is 0.394 e. The molecule has 0 bridgehead atoms. The van der Waals surface area contributed by atoms with Crippen molar-refractivity contribution >= 4 is 11.9 Å². The maximum absolute atomic E-state index is 11.2. The quantitative estimate of drug-likeness (QED) is 0.631. The Labute approximate surface area is 84.3 Å². The lowest BCUT2D eigenvalue weighted by Crippen LogP contribution is -2.40. The van der Waals surface area contributed by atoms with Crippen LogP contribution < -0.4 is 0 Å². The van der Waals surface area contributed by atoms with Crippen LogP contribution in [0.2, 0.25) is 0 Å². The van der Waals surface area contributed by atoms with Gasteiger partial charge in [-0.2, -0.15) is 0 Å². The molecular weight excluding hydrogens is 184 g/mol. The molecule has 0 aromatic heterocycles. The van der Waals surface area contributed by atoms with E-state index in [0.717, 1.165) is 6.42 Å². The van der Waals surface area contributed by atoms with Gasteiger partial charge in [0, 0.05) is 19.6 Å². The minimum Gasteiger partial charge on any atom is -0.474 e. The maximum atomic E-state index is 11.2. The highest BCUT2D eigenvalue weighted by Crippen LogP contribution is 1.93. The lowest BCUT2D eigenvalue weighted by atomic mass is 10.3. The van der Waals surface area contributed by atoms with E-state index in [-0.39, 0.29) is 0 Å². The number of nitrogens with zero attached hydrogens (tertiary/aromatic N) is 2. The zero-order valence-corrected chi connectivity index (χ0v) is 8.99. The van der Waals surface area contributed by atoms with Gasteiger partial charge in [-0.15, -0.1) is 0 Å². The van der Waals surface area contributed by atoms with Crippen LogP contribution in [-0.2, 0) is 9.59 Å². The second-order valence-corrected chi connectivity index (χ2v) is 3.40. The van der Waals surface area contributed by atoms with Gasteiger partial charge in [0.15, 0.2) is 0 Å². The third kappa shape index (κ3) is 4.81. The minimum absolute atomic E-state index is 0.464. The van der Waals surface area contributed by atoms with Crippen LogP contribution in [0.4, 0.5) is 0 Å². The Hall–Kier alpha value is -1.10. The molecule has 0 saturated carbocycles. The molecule has 0 aliphatic carbocycles. The van der Waals surface area contributed by atoms with E-state index in [0.29, 0.717) is 19.6 Å².